The van der Waals surface area contributed by atoms with Gasteiger partial charge in [-0.3, -0.25) is 0 Å². The van der Waals surface area contributed by atoms with E-state index in [-0.39, 0.29) is 5.56 Å². The number of aromatic carboxylic acids is 1. The topological polar surface area (TPSA) is 81.8 Å². The predicted molar refractivity (Wildman–Crippen MR) is 131 cm³/mol. The maximum atomic E-state index is 11.9. The van der Waals surface area contributed by atoms with E-state index in [1.807, 2.05) is 73.1 Å². The highest BCUT2D eigenvalue weighted by Gasteiger charge is 2.17. The summed E-state index contributed by atoms with van der Waals surface area (Å²) >= 11 is 0. The zero-order valence-electron chi connectivity index (χ0n) is 17.5. The van der Waals surface area contributed by atoms with Crippen LogP contribution in [0.3, 0.4) is 0 Å². The average molecular weight is 429 g/mol. The number of carbonyl (C=O) groups is 1. The lowest BCUT2D eigenvalue weighted by molar-refractivity contribution is 0.0697. The molecule has 0 fully saturated rings. The molecule has 0 aliphatic heterocycles. The van der Waals surface area contributed by atoms with Crippen LogP contribution in [0, 0.1) is 0 Å². The normalized spacial score (nSPS) is 11.3. The average Bonchev–Trinajstić information content (AvgIpc) is 3.48. The van der Waals surface area contributed by atoms with Crippen LogP contribution in [0.1, 0.15) is 10.4 Å². The van der Waals surface area contributed by atoms with E-state index in [2.05, 4.69) is 22.1 Å². The first-order chi connectivity index (χ1) is 16.2. The van der Waals surface area contributed by atoms with E-state index in [0.29, 0.717) is 5.56 Å². The molecule has 0 aliphatic rings. The lowest BCUT2D eigenvalue weighted by Crippen LogP contribution is -2.00. The van der Waals surface area contributed by atoms with Crippen molar-refractivity contribution in [1.29, 1.82) is 0 Å². The standard InChI is InChI=1S/C28H19N3O2/c32-28(33)21-10-2-1-7-18(21)17-13-26(22-15-29-24-11-5-3-8-19(22)24)31-27(14-17)23-16-30-25-12-6-4-9-20(23)25/h1-16,29-30H,(H,32,33). The lowest BCUT2D eigenvalue weighted by atomic mass is 9.96. The smallest absolute Gasteiger partial charge is 0.336 e. The second-order valence-corrected chi connectivity index (χ2v) is 7.97. The lowest BCUT2D eigenvalue weighted by Gasteiger charge is -2.11. The Labute approximate surface area is 189 Å². The molecule has 0 atom stereocenters. The van der Waals surface area contributed by atoms with Gasteiger partial charge >= 0.3 is 5.97 Å². The van der Waals surface area contributed by atoms with E-state index < -0.39 is 5.97 Å². The fourth-order valence-corrected chi connectivity index (χ4v) is 4.45. The molecule has 0 saturated heterocycles. The number of hydrogen-bond donors (Lipinski definition) is 3. The van der Waals surface area contributed by atoms with Gasteiger partial charge < -0.3 is 15.1 Å². The van der Waals surface area contributed by atoms with Gasteiger partial charge in [0.25, 0.3) is 0 Å². The number of rotatable bonds is 4. The van der Waals surface area contributed by atoms with Gasteiger partial charge in [0, 0.05) is 45.3 Å². The number of carboxylic acids is 1. The number of hydrogen-bond acceptors (Lipinski definition) is 2. The Hall–Kier alpha value is -4.64. The summed E-state index contributed by atoms with van der Waals surface area (Å²) in [7, 11) is 0. The molecule has 0 amide bonds. The number of aromatic nitrogens is 3. The molecule has 3 aromatic heterocycles. The van der Waals surface area contributed by atoms with Gasteiger partial charge in [0.2, 0.25) is 0 Å². The van der Waals surface area contributed by atoms with E-state index in [0.717, 1.165) is 49.9 Å². The summed E-state index contributed by atoms with van der Waals surface area (Å²) in [5.74, 6) is -0.954. The van der Waals surface area contributed by atoms with Crippen molar-refractivity contribution in [2.75, 3.05) is 0 Å². The Kier molecular flexibility index (Phi) is 4.33. The summed E-state index contributed by atoms with van der Waals surface area (Å²) in [5.41, 5.74) is 7.30. The molecule has 0 spiro atoms. The van der Waals surface area contributed by atoms with E-state index in [1.165, 1.54) is 0 Å². The highest BCUT2D eigenvalue weighted by Crippen LogP contribution is 2.36. The molecule has 0 unspecified atom stereocenters. The first-order valence-corrected chi connectivity index (χ1v) is 10.7. The molecule has 6 aromatic rings. The van der Waals surface area contributed by atoms with Gasteiger partial charge in [-0.1, -0.05) is 54.6 Å². The summed E-state index contributed by atoms with van der Waals surface area (Å²) in [6, 6.07) is 27.2. The van der Waals surface area contributed by atoms with Gasteiger partial charge in [-0.2, -0.15) is 0 Å². The third-order valence-electron chi connectivity index (χ3n) is 6.02. The molecule has 3 heterocycles. The van der Waals surface area contributed by atoms with Crippen LogP contribution in [0.2, 0.25) is 0 Å². The number of H-pyrrole nitrogens is 2. The Morgan fingerprint density at radius 3 is 1.76 bits per heavy atom. The van der Waals surface area contributed by atoms with Crippen molar-refractivity contribution in [2.24, 2.45) is 0 Å². The van der Waals surface area contributed by atoms with Crippen molar-refractivity contribution < 1.29 is 9.90 Å². The minimum Gasteiger partial charge on any atom is -0.478 e. The number of pyridine rings is 1. The van der Waals surface area contributed by atoms with Gasteiger partial charge in [-0.25, -0.2) is 9.78 Å². The Balaban J connectivity index is 1.65. The van der Waals surface area contributed by atoms with Gasteiger partial charge in [-0.15, -0.1) is 0 Å². The highest BCUT2D eigenvalue weighted by atomic mass is 16.4. The molecule has 0 aliphatic carbocycles. The molecule has 3 aromatic carbocycles. The van der Waals surface area contributed by atoms with Gasteiger partial charge in [-0.05, 0) is 41.5 Å². The second-order valence-electron chi connectivity index (χ2n) is 7.97. The van der Waals surface area contributed by atoms with Crippen LogP contribution < -0.4 is 0 Å². The highest BCUT2D eigenvalue weighted by molar-refractivity contribution is 6.00. The number of nitrogens with zero attached hydrogens (tertiary/aromatic N) is 1. The molecular formula is C28H19N3O2. The van der Waals surface area contributed by atoms with Crippen molar-refractivity contribution in [3.63, 3.8) is 0 Å². The van der Waals surface area contributed by atoms with Crippen molar-refractivity contribution >= 4 is 27.8 Å². The van der Waals surface area contributed by atoms with Crippen LogP contribution in [0.5, 0.6) is 0 Å². The van der Waals surface area contributed by atoms with Crippen LogP contribution in [-0.2, 0) is 0 Å². The summed E-state index contributed by atoms with van der Waals surface area (Å²) in [6.07, 6.45) is 3.91. The first-order valence-electron chi connectivity index (χ1n) is 10.7. The molecule has 33 heavy (non-hydrogen) atoms. The third-order valence-corrected chi connectivity index (χ3v) is 6.02. The van der Waals surface area contributed by atoms with E-state index in [4.69, 9.17) is 4.98 Å². The van der Waals surface area contributed by atoms with Crippen molar-refractivity contribution in [2.45, 2.75) is 0 Å². The summed E-state index contributed by atoms with van der Waals surface area (Å²) in [5, 5.41) is 11.9. The van der Waals surface area contributed by atoms with E-state index >= 15 is 0 Å². The van der Waals surface area contributed by atoms with Gasteiger partial charge in [0.1, 0.15) is 0 Å². The molecule has 158 valence electrons. The summed E-state index contributed by atoms with van der Waals surface area (Å²) in [6.45, 7) is 0. The maximum absolute atomic E-state index is 11.9. The quantitative estimate of drug-likeness (QED) is 0.290. The molecule has 0 saturated carbocycles. The number of nitrogens with one attached hydrogen (secondary N) is 2. The van der Waals surface area contributed by atoms with E-state index in [1.54, 1.807) is 12.1 Å². The predicted octanol–water partition coefficient (Wildman–Crippen LogP) is 6.74. The molecular weight excluding hydrogens is 410 g/mol. The Morgan fingerprint density at radius 1 is 0.667 bits per heavy atom. The van der Waals surface area contributed by atoms with Gasteiger partial charge in [0.15, 0.2) is 0 Å². The fourth-order valence-electron chi connectivity index (χ4n) is 4.45. The number of para-hydroxylation sites is 2. The second kappa shape index (κ2) is 7.50. The Morgan fingerprint density at radius 2 is 1.18 bits per heavy atom. The number of aromatic amines is 2. The monoisotopic (exact) mass is 429 g/mol. The molecule has 0 radical (unpaired) electrons. The van der Waals surface area contributed by atoms with Gasteiger partial charge in [0.05, 0.1) is 17.0 Å². The largest absolute Gasteiger partial charge is 0.478 e. The minimum atomic E-state index is -0.954. The number of carboxylic acid groups (broad SMARTS) is 1. The molecule has 5 heteroatoms. The Bertz CT molecular complexity index is 1570. The van der Waals surface area contributed by atoms with Crippen LogP contribution in [-0.4, -0.2) is 26.0 Å². The maximum Gasteiger partial charge on any atom is 0.336 e. The van der Waals surface area contributed by atoms with Crippen LogP contribution in [0.15, 0.2) is 97.3 Å². The SMILES string of the molecule is O=C(O)c1ccccc1-c1cc(-c2c[nH]c3ccccc23)nc(-c2c[nH]c3ccccc23)c1. The molecule has 0 bridgehead atoms. The number of benzene rings is 3. The molecule has 5 nitrogen and oxygen atoms in total. The number of fused-ring (bicyclic) bond motifs is 2. The third kappa shape index (κ3) is 3.18. The van der Waals surface area contributed by atoms with Crippen molar-refractivity contribution in [3.05, 3.63) is 103 Å². The molecule has 3 N–H and O–H groups in total. The first kappa shape index (κ1) is 19.1. The summed E-state index contributed by atoms with van der Waals surface area (Å²) < 4.78 is 0. The summed E-state index contributed by atoms with van der Waals surface area (Å²) in [4.78, 5) is 23.6. The zero-order chi connectivity index (χ0) is 22.4. The van der Waals surface area contributed by atoms with Crippen LogP contribution >= 0.6 is 0 Å². The minimum absolute atomic E-state index is 0.262. The molecule has 6 rings (SSSR count). The fraction of sp³-hybridized carbons (Fsp3) is 0. The zero-order valence-corrected chi connectivity index (χ0v) is 17.5. The van der Waals surface area contributed by atoms with Crippen molar-refractivity contribution in [3.8, 4) is 33.6 Å². The van der Waals surface area contributed by atoms with Crippen LogP contribution in [0.25, 0.3) is 55.4 Å². The van der Waals surface area contributed by atoms with Crippen molar-refractivity contribution in [1.82, 2.24) is 15.0 Å². The van der Waals surface area contributed by atoms with Crippen LogP contribution in [0.4, 0.5) is 0 Å². The van der Waals surface area contributed by atoms with E-state index in [9.17, 15) is 9.90 Å².